The van der Waals surface area contributed by atoms with Crippen LogP contribution >= 0.6 is 23.4 Å². The lowest BCUT2D eigenvalue weighted by Crippen LogP contribution is -2.07. The van der Waals surface area contributed by atoms with Crippen LogP contribution in [0.15, 0.2) is 47.4 Å². The topological polar surface area (TPSA) is 63.3 Å². The largest absolute Gasteiger partial charge is 0.481 e. The van der Waals surface area contributed by atoms with E-state index in [0.29, 0.717) is 10.7 Å². The quantitative estimate of drug-likeness (QED) is 0.632. The molecule has 0 saturated heterocycles. The van der Waals surface area contributed by atoms with Gasteiger partial charge in [0.15, 0.2) is 0 Å². The van der Waals surface area contributed by atoms with Crippen molar-refractivity contribution >= 4 is 35.0 Å². The van der Waals surface area contributed by atoms with Gasteiger partial charge >= 0.3 is 5.97 Å². The first-order chi connectivity index (χ1) is 9.97. The smallest absolute Gasteiger partial charge is 0.310 e. The highest BCUT2D eigenvalue weighted by Crippen LogP contribution is 2.29. The number of aliphatic carboxylic acids is 1. The maximum Gasteiger partial charge on any atom is 0.310 e. The Morgan fingerprint density at radius 2 is 1.95 bits per heavy atom. The Kier molecular flexibility index (Phi) is 5.15. The second-order valence-corrected chi connectivity index (χ2v) is 6.23. The molecular weight excluding hydrogens is 306 g/mol. The monoisotopic (exact) mass is 321 g/mol. The molecule has 0 spiro atoms. The lowest BCUT2D eigenvalue weighted by atomic mass is 10.0. The zero-order valence-electron chi connectivity index (χ0n) is 11.5. The number of thioether (sulfide) groups is 1. The first-order valence-electron chi connectivity index (χ1n) is 6.47. The molecule has 2 aromatic rings. The molecule has 1 unspecified atom stereocenters. The van der Waals surface area contributed by atoms with E-state index in [2.05, 4.69) is 0 Å². The molecule has 5 heteroatoms. The molecule has 0 amide bonds. The lowest BCUT2D eigenvalue weighted by Gasteiger charge is -2.08. The van der Waals surface area contributed by atoms with Crippen molar-refractivity contribution in [2.24, 2.45) is 0 Å². The molecule has 21 heavy (non-hydrogen) atoms. The normalized spacial score (nSPS) is 12.1. The van der Waals surface area contributed by atoms with Gasteiger partial charge in [-0.2, -0.15) is 0 Å². The van der Waals surface area contributed by atoms with Crippen LogP contribution in [0.2, 0.25) is 5.02 Å². The summed E-state index contributed by atoms with van der Waals surface area (Å²) in [4.78, 5) is 12.0. The van der Waals surface area contributed by atoms with E-state index < -0.39 is 11.9 Å². The van der Waals surface area contributed by atoms with Crippen LogP contribution in [0.5, 0.6) is 0 Å². The predicted octanol–water partition coefficient (Wildman–Crippen LogP) is 4.40. The third-order valence-electron chi connectivity index (χ3n) is 3.23. The molecule has 0 bridgehead atoms. The Bertz CT molecular complexity index is 643. The first-order valence-corrected chi connectivity index (χ1v) is 7.83. The third kappa shape index (κ3) is 4.16. The Balaban J connectivity index is 2.00. The van der Waals surface area contributed by atoms with Crippen molar-refractivity contribution in [2.45, 2.75) is 23.5 Å². The van der Waals surface area contributed by atoms with E-state index in [1.807, 2.05) is 36.4 Å². The fourth-order valence-corrected chi connectivity index (χ4v) is 2.95. The molecule has 0 aromatic heterocycles. The van der Waals surface area contributed by atoms with Gasteiger partial charge in [-0.25, -0.2) is 0 Å². The fourth-order valence-electron chi connectivity index (χ4n) is 1.81. The van der Waals surface area contributed by atoms with Gasteiger partial charge in [0.2, 0.25) is 0 Å². The Morgan fingerprint density at radius 1 is 1.29 bits per heavy atom. The molecular formula is C16H16ClNO2S. The van der Waals surface area contributed by atoms with E-state index >= 15 is 0 Å². The number of hydrogen-bond donors (Lipinski definition) is 2. The minimum atomic E-state index is -0.811. The number of halogens is 1. The lowest BCUT2D eigenvalue weighted by molar-refractivity contribution is -0.138. The standard InChI is InChI=1S/C16H16ClNO2S/c1-10(16(19)20)12-4-2-11(3-5-12)9-21-13-6-7-15(18)14(17)8-13/h2-8,10H,9,18H2,1H3,(H,19,20). The average Bonchev–Trinajstić information content (AvgIpc) is 2.48. The van der Waals surface area contributed by atoms with E-state index in [4.69, 9.17) is 22.4 Å². The van der Waals surface area contributed by atoms with Crippen LogP contribution in [0.4, 0.5) is 5.69 Å². The molecule has 2 rings (SSSR count). The average molecular weight is 322 g/mol. The number of nitrogen functional groups attached to an aromatic ring is 1. The van der Waals surface area contributed by atoms with Gasteiger partial charge in [0.1, 0.15) is 0 Å². The number of carbonyl (C=O) groups is 1. The number of anilines is 1. The van der Waals surface area contributed by atoms with Gasteiger partial charge in [0.25, 0.3) is 0 Å². The number of nitrogens with two attached hydrogens (primary N) is 1. The summed E-state index contributed by atoms with van der Waals surface area (Å²) in [5.74, 6) is -0.502. The SMILES string of the molecule is CC(C(=O)O)c1ccc(CSc2ccc(N)c(Cl)c2)cc1. The zero-order chi connectivity index (χ0) is 15.4. The highest BCUT2D eigenvalue weighted by atomic mass is 35.5. The van der Waals surface area contributed by atoms with Crippen molar-refractivity contribution in [3.8, 4) is 0 Å². The number of carboxylic acid groups (broad SMARTS) is 1. The van der Waals surface area contributed by atoms with Gasteiger partial charge in [-0.1, -0.05) is 35.9 Å². The van der Waals surface area contributed by atoms with Crippen molar-refractivity contribution < 1.29 is 9.90 Å². The number of rotatable bonds is 5. The number of carboxylic acids is 1. The van der Waals surface area contributed by atoms with Crippen LogP contribution < -0.4 is 5.73 Å². The molecule has 0 fully saturated rings. The van der Waals surface area contributed by atoms with Crippen LogP contribution in [0, 0.1) is 0 Å². The van der Waals surface area contributed by atoms with Crippen LogP contribution in [0.1, 0.15) is 24.0 Å². The van der Waals surface area contributed by atoms with Crippen molar-refractivity contribution in [1.29, 1.82) is 0 Å². The van der Waals surface area contributed by atoms with Crippen molar-refractivity contribution in [1.82, 2.24) is 0 Å². The summed E-state index contributed by atoms with van der Waals surface area (Å²) in [6.07, 6.45) is 0. The van der Waals surface area contributed by atoms with Crippen LogP contribution in [0.3, 0.4) is 0 Å². The Morgan fingerprint density at radius 3 is 2.52 bits per heavy atom. The highest BCUT2D eigenvalue weighted by Gasteiger charge is 2.12. The van der Waals surface area contributed by atoms with E-state index in [9.17, 15) is 4.79 Å². The van der Waals surface area contributed by atoms with Gasteiger partial charge < -0.3 is 10.8 Å². The summed E-state index contributed by atoms with van der Waals surface area (Å²) in [5.41, 5.74) is 8.20. The van der Waals surface area contributed by atoms with Crippen LogP contribution in [-0.4, -0.2) is 11.1 Å². The van der Waals surface area contributed by atoms with Crippen molar-refractivity contribution in [3.05, 3.63) is 58.6 Å². The molecule has 3 nitrogen and oxygen atoms in total. The first kappa shape index (κ1) is 15.7. The second kappa shape index (κ2) is 6.87. The molecule has 0 aliphatic rings. The Labute approximate surface area is 133 Å². The van der Waals surface area contributed by atoms with Crippen LogP contribution in [0.25, 0.3) is 0 Å². The van der Waals surface area contributed by atoms with Gasteiger partial charge in [-0.15, -0.1) is 11.8 Å². The van der Waals surface area contributed by atoms with E-state index in [1.165, 1.54) is 0 Å². The van der Waals surface area contributed by atoms with Gasteiger partial charge in [-0.05, 0) is 36.2 Å². The van der Waals surface area contributed by atoms with Gasteiger partial charge in [-0.3, -0.25) is 4.79 Å². The molecule has 0 radical (unpaired) electrons. The maximum absolute atomic E-state index is 10.9. The molecule has 110 valence electrons. The molecule has 3 N–H and O–H groups in total. The summed E-state index contributed by atoms with van der Waals surface area (Å²) in [6.45, 7) is 1.68. The summed E-state index contributed by atoms with van der Waals surface area (Å²) < 4.78 is 0. The Hall–Kier alpha value is -1.65. The minimum absolute atomic E-state index is 0.484. The van der Waals surface area contributed by atoms with Crippen LogP contribution in [-0.2, 0) is 10.5 Å². The summed E-state index contributed by atoms with van der Waals surface area (Å²) >= 11 is 7.65. The van der Waals surface area contributed by atoms with E-state index in [0.717, 1.165) is 21.8 Å². The number of hydrogen-bond acceptors (Lipinski definition) is 3. The summed E-state index contributed by atoms with van der Waals surface area (Å²) in [6, 6.07) is 13.2. The van der Waals surface area contributed by atoms with E-state index in [1.54, 1.807) is 24.8 Å². The summed E-state index contributed by atoms with van der Waals surface area (Å²) in [7, 11) is 0. The van der Waals surface area contributed by atoms with E-state index in [-0.39, 0.29) is 0 Å². The summed E-state index contributed by atoms with van der Waals surface area (Å²) in [5, 5.41) is 9.54. The fraction of sp³-hybridized carbons (Fsp3) is 0.188. The van der Waals surface area contributed by atoms with Crippen molar-refractivity contribution in [2.75, 3.05) is 5.73 Å². The minimum Gasteiger partial charge on any atom is -0.481 e. The number of benzene rings is 2. The molecule has 1 atom stereocenters. The highest BCUT2D eigenvalue weighted by molar-refractivity contribution is 7.98. The second-order valence-electron chi connectivity index (χ2n) is 4.77. The molecule has 0 aliphatic carbocycles. The maximum atomic E-state index is 10.9. The van der Waals surface area contributed by atoms with Gasteiger partial charge in [0.05, 0.1) is 16.6 Å². The molecule has 0 heterocycles. The molecule has 0 aliphatic heterocycles. The zero-order valence-corrected chi connectivity index (χ0v) is 13.1. The predicted molar refractivity (Wildman–Crippen MR) is 87.9 cm³/mol. The van der Waals surface area contributed by atoms with Gasteiger partial charge in [0, 0.05) is 10.6 Å². The molecule has 2 aromatic carbocycles. The van der Waals surface area contributed by atoms with Crippen molar-refractivity contribution in [3.63, 3.8) is 0 Å². The third-order valence-corrected chi connectivity index (χ3v) is 4.62. The molecule has 0 saturated carbocycles.